The fraction of sp³-hybridized carbons (Fsp3) is 0.414. The zero-order valence-corrected chi connectivity index (χ0v) is 22.2. The van der Waals surface area contributed by atoms with Crippen LogP contribution in [-0.2, 0) is 11.3 Å². The van der Waals surface area contributed by atoms with E-state index in [0.29, 0.717) is 35.0 Å². The van der Waals surface area contributed by atoms with Gasteiger partial charge in [-0.2, -0.15) is 0 Å². The highest BCUT2D eigenvalue weighted by Gasteiger charge is 2.43. The number of anilines is 1. The van der Waals surface area contributed by atoms with E-state index in [4.69, 9.17) is 19.0 Å². The Morgan fingerprint density at radius 3 is 2.64 bits per heavy atom. The predicted octanol–water partition coefficient (Wildman–Crippen LogP) is 6.39. The van der Waals surface area contributed by atoms with Crippen molar-refractivity contribution < 1.29 is 28.3 Å². The van der Waals surface area contributed by atoms with Gasteiger partial charge in [0.25, 0.3) is 0 Å². The second-order valence-electron chi connectivity index (χ2n) is 10.7. The first-order valence-corrected chi connectivity index (χ1v) is 14.2. The Hall–Kier alpha value is -3.50. The van der Waals surface area contributed by atoms with Gasteiger partial charge in [0, 0.05) is 29.1 Å². The van der Waals surface area contributed by atoms with Crippen molar-refractivity contribution in [1.82, 2.24) is 10.1 Å². The number of aromatic nitrogens is 2. The molecule has 3 atom stereocenters. The molecule has 0 radical (unpaired) electrons. The van der Waals surface area contributed by atoms with Gasteiger partial charge in [0.2, 0.25) is 0 Å². The number of hydrogen-bond acceptors (Lipinski definition) is 8. The molecule has 1 saturated carbocycles. The highest BCUT2D eigenvalue weighted by atomic mass is 32.1. The van der Waals surface area contributed by atoms with Crippen molar-refractivity contribution in [3.8, 4) is 17.0 Å². The maximum absolute atomic E-state index is 14.6. The summed E-state index contributed by atoms with van der Waals surface area (Å²) in [5, 5.41) is 14.6. The lowest BCUT2D eigenvalue weighted by atomic mass is 10.00. The van der Waals surface area contributed by atoms with Gasteiger partial charge in [-0.05, 0) is 62.8 Å². The summed E-state index contributed by atoms with van der Waals surface area (Å²) in [7, 11) is 1.54. The van der Waals surface area contributed by atoms with Gasteiger partial charge in [0.1, 0.15) is 28.5 Å². The molecule has 10 heteroatoms. The smallest absolute Gasteiger partial charge is 0.335 e. The molecule has 2 aromatic heterocycles. The number of halogens is 1. The SMILES string of the molecule is COc1cc(C(=O)O)cc2sc(N3[C@@H]4CC[C@H]3CC(OCc3c(-c5ccccc5F)noc3C3CC3)C4)nc12. The number of methoxy groups -OCH3 is 1. The van der Waals surface area contributed by atoms with Crippen LogP contribution in [0.25, 0.3) is 21.5 Å². The Bertz CT molecular complexity index is 1550. The minimum atomic E-state index is -0.987. The van der Waals surface area contributed by atoms with Crippen LogP contribution in [0.1, 0.15) is 66.1 Å². The molecule has 0 amide bonds. The zero-order valence-electron chi connectivity index (χ0n) is 21.4. The average Bonchev–Trinajstić information content (AvgIpc) is 3.45. The van der Waals surface area contributed by atoms with E-state index >= 15 is 0 Å². The number of carboxylic acid groups (broad SMARTS) is 1. The van der Waals surface area contributed by atoms with E-state index in [0.717, 1.165) is 59.7 Å². The van der Waals surface area contributed by atoms with E-state index in [9.17, 15) is 14.3 Å². The molecule has 2 aliphatic heterocycles. The molecular weight excluding hydrogens is 521 g/mol. The van der Waals surface area contributed by atoms with E-state index in [1.807, 2.05) is 6.07 Å². The first kappa shape index (κ1) is 24.5. The Morgan fingerprint density at radius 2 is 1.95 bits per heavy atom. The Morgan fingerprint density at radius 1 is 1.18 bits per heavy atom. The number of thiazole rings is 1. The van der Waals surface area contributed by atoms with E-state index < -0.39 is 5.97 Å². The first-order chi connectivity index (χ1) is 19.0. The molecule has 202 valence electrons. The second kappa shape index (κ2) is 9.60. The topological polar surface area (TPSA) is 97.9 Å². The second-order valence-corrected chi connectivity index (χ2v) is 11.7. The van der Waals surface area contributed by atoms with E-state index in [1.54, 1.807) is 18.2 Å². The molecule has 3 aliphatic rings. The molecular formula is C29H28FN3O5S. The quantitative estimate of drug-likeness (QED) is 0.270. The van der Waals surface area contributed by atoms with Crippen LogP contribution in [0.4, 0.5) is 9.52 Å². The van der Waals surface area contributed by atoms with Crippen molar-refractivity contribution in [2.24, 2.45) is 0 Å². The van der Waals surface area contributed by atoms with Crippen LogP contribution in [0.15, 0.2) is 40.9 Å². The number of ether oxygens (including phenoxy) is 2. The summed E-state index contributed by atoms with van der Waals surface area (Å²) in [5.74, 6) is 0.344. The molecule has 39 heavy (non-hydrogen) atoms. The maximum atomic E-state index is 14.6. The number of piperidine rings is 1. The molecule has 8 nitrogen and oxygen atoms in total. The van der Waals surface area contributed by atoms with Crippen LogP contribution in [0, 0.1) is 5.82 Å². The monoisotopic (exact) mass is 549 g/mol. The van der Waals surface area contributed by atoms with Crippen molar-refractivity contribution in [3.63, 3.8) is 0 Å². The summed E-state index contributed by atoms with van der Waals surface area (Å²) in [4.78, 5) is 18.8. The van der Waals surface area contributed by atoms with Gasteiger partial charge in [-0.15, -0.1) is 0 Å². The van der Waals surface area contributed by atoms with Crippen LogP contribution < -0.4 is 9.64 Å². The predicted molar refractivity (Wildman–Crippen MR) is 144 cm³/mol. The molecule has 3 fully saturated rings. The number of nitrogens with zero attached hydrogens (tertiary/aromatic N) is 3. The maximum Gasteiger partial charge on any atom is 0.335 e. The van der Waals surface area contributed by atoms with Crippen LogP contribution >= 0.6 is 11.3 Å². The molecule has 4 aromatic rings. The van der Waals surface area contributed by atoms with Crippen LogP contribution in [0.2, 0.25) is 0 Å². The summed E-state index contributed by atoms with van der Waals surface area (Å²) >= 11 is 1.51. The summed E-state index contributed by atoms with van der Waals surface area (Å²) in [6.07, 6.45) is 6.02. The molecule has 1 aliphatic carbocycles. The normalized spacial score (nSPS) is 22.5. The third kappa shape index (κ3) is 4.35. The standard InChI is InChI=1S/C29H28FN3O5S/c1-36-23-10-16(28(34)35)11-24-26(23)31-29(39-24)33-17-8-9-18(33)13-19(12-17)37-14-21-25(20-4-2-3-5-22(20)30)32-38-27(21)15-6-7-15/h2-5,10-11,15,17-19H,6-9,12-14H2,1H3,(H,34,35)/t17-,18+,19?. The summed E-state index contributed by atoms with van der Waals surface area (Å²) in [6, 6.07) is 10.4. The lowest BCUT2D eigenvalue weighted by Gasteiger charge is -2.38. The number of hydrogen-bond donors (Lipinski definition) is 1. The van der Waals surface area contributed by atoms with Crippen LogP contribution in [0.5, 0.6) is 5.75 Å². The van der Waals surface area contributed by atoms with E-state index in [-0.39, 0.29) is 29.6 Å². The lowest BCUT2D eigenvalue weighted by Crippen LogP contribution is -2.45. The van der Waals surface area contributed by atoms with E-state index in [2.05, 4.69) is 10.1 Å². The van der Waals surface area contributed by atoms with Gasteiger partial charge in [0.05, 0.1) is 30.1 Å². The van der Waals surface area contributed by atoms with Gasteiger partial charge in [0.15, 0.2) is 5.13 Å². The summed E-state index contributed by atoms with van der Waals surface area (Å²) < 4.78 is 33.1. The number of carboxylic acids is 1. The van der Waals surface area contributed by atoms with Gasteiger partial charge in [-0.3, -0.25) is 0 Å². The minimum absolute atomic E-state index is 0.0664. The largest absolute Gasteiger partial charge is 0.494 e. The van der Waals surface area contributed by atoms with Crippen molar-refractivity contribution >= 4 is 32.7 Å². The molecule has 0 spiro atoms. The average molecular weight is 550 g/mol. The zero-order chi connectivity index (χ0) is 26.7. The lowest BCUT2D eigenvalue weighted by molar-refractivity contribution is 0.0147. The molecule has 2 bridgehead atoms. The fourth-order valence-electron chi connectivity index (χ4n) is 6.15. The molecule has 2 aromatic carbocycles. The number of aromatic carboxylic acids is 1. The summed E-state index contributed by atoms with van der Waals surface area (Å²) in [5.41, 5.74) is 2.74. The third-order valence-corrected chi connectivity index (χ3v) is 9.20. The number of fused-ring (bicyclic) bond motifs is 3. The molecule has 4 heterocycles. The van der Waals surface area contributed by atoms with Crippen molar-refractivity contribution in [2.45, 2.75) is 69.2 Å². The number of carbonyl (C=O) groups is 1. The molecule has 1 N–H and O–H groups in total. The Labute approximate surface area is 228 Å². The Balaban J connectivity index is 1.11. The molecule has 1 unspecified atom stereocenters. The highest BCUT2D eigenvalue weighted by Crippen LogP contribution is 2.46. The van der Waals surface area contributed by atoms with Crippen molar-refractivity contribution in [3.05, 3.63) is 59.1 Å². The van der Waals surface area contributed by atoms with Crippen molar-refractivity contribution in [2.75, 3.05) is 12.0 Å². The molecule has 2 saturated heterocycles. The molecule has 7 rings (SSSR count). The third-order valence-electron chi connectivity index (χ3n) is 8.19. The van der Waals surface area contributed by atoms with Crippen molar-refractivity contribution in [1.29, 1.82) is 0 Å². The van der Waals surface area contributed by atoms with E-state index in [1.165, 1.54) is 30.6 Å². The van der Waals surface area contributed by atoms with Gasteiger partial charge >= 0.3 is 5.97 Å². The first-order valence-electron chi connectivity index (χ1n) is 13.3. The Kier molecular flexibility index (Phi) is 6.04. The number of benzene rings is 2. The minimum Gasteiger partial charge on any atom is -0.494 e. The van der Waals surface area contributed by atoms with Gasteiger partial charge < -0.3 is 24.0 Å². The van der Waals surface area contributed by atoms with Gasteiger partial charge in [-0.25, -0.2) is 14.2 Å². The van der Waals surface area contributed by atoms with Crippen LogP contribution in [0.3, 0.4) is 0 Å². The van der Waals surface area contributed by atoms with Gasteiger partial charge in [-0.1, -0.05) is 28.6 Å². The number of rotatable bonds is 8. The highest BCUT2D eigenvalue weighted by molar-refractivity contribution is 7.22. The van der Waals surface area contributed by atoms with Crippen LogP contribution in [-0.4, -0.2) is 46.5 Å². The fourth-order valence-corrected chi connectivity index (χ4v) is 7.31. The summed E-state index contributed by atoms with van der Waals surface area (Å²) in [6.45, 7) is 0.347.